The molecule has 5 N–H and O–H groups in total. The fraction of sp³-hybridized carbons (Fsp3) is 1.00. The predicted octanol–water partition coefficient (Wildman–Crippen LogP) is -2.08. The van der Waals surface area contributed by atoms with Crippen LogP contribution in [-0.2, 0) is 13.8 Å². The van der Waals surface area contributed by atoms with Crippen molar-refractivity contribution in [2.24, 2.45) is 0 Å². The molecular formula is C6H13O8P. The van der Waals surface area contributed by atoms with E-state index in [2.05, 4.69) is 4.52 Å². The number of aliphatic hydroxyl groups excluding tert-OH is 3. The van der Waals surface area contributed by atoms with Crippen LogP contribution in [-0.4, -0.2) is 55.8 Å². The van der Waals surface area contributed by atoms with E-state index in [0.29, 0.717) is 0 Å². The van der Waals surface area contributed by atoms with Crippen molar-refractivity contribution >= 4 is 7.82 Å². The van der Waals surface area contributed by atoms with Gasteiger partial charge in [-0.1, -0.05) is 0 Å². The summed E-state index contributed by atoms with van der Waals surface area (Å²) in [5, 5.41) is 27.8. The Kier molecular flexibility index (Phi) is 3.85. The highest BCUT2D eigenvalue weighted by atomic mass is 31.2. The molecule has 0 aromatic rings. The summed E-state index contributed by atoms with van der Waals surface area (Å²) in [7, 11) is -4.82. The lowest BCUT2D eigenvalue weighted by Crippen LogP contribution is -2.57. The van der Waals surface area contributed by atoms with Gasteiger partial charge in [-0.05, 0) is 6.92 Å². The second kappa shape index (κ2) is 4.44. The van der Waals surface area contributed by atoms with Crippen molar-refractivity contribution < 1.29 is 38.9 Å². The first-order chi connectivity index (χ1) is 6.72. The van der Waals surface area contributed by atoms with Crippen molar-refractivity contribution in [2.45, 2.75) is 37.6 Å². The van der Waals surface area contributed by atoms with Gasteiger partial charge in [0, 0.05) is 0 Å². The highest BCUT2D eigenvalue weighted by Gasteiger charge is 2.44. The first kappa shape index (κ1) is 13.0. The summed E-state index contributed by atoms with van der Waals surface area (Å²) >= 11 is 0. The second-order valence-electron chi connectivity index (χ2n) is 3.28. The zero-order chi connectivity index (χ0) is 11.8. The van der Waals surface area contributed by atoms with Gasteiger partial charge in [-0.15, -0.1) is 0 Å². The molecule has 15 heavy (non-hydrogen) atoms. The lowest BCUT2D eigenvalue weighted by atomic mass is 10.0. The minimum Gasteiger partial charge on any atom is -0.388 e. The molecule has 0 aliphatic carbocycles. The van der Waals surface area contributed by atoms with Gasteiger partial charge in [-0.25, -0.2) is 4.57 Å². The molecule has 0 aromatic carbocycles. The molecular weight excluding hydrogens is 231 g/mol. The molecule has 1 aliphatic rings. The summed E-state index contributed by atoms with van der Waals surface area (Å²) in [4.78, 5) is 17.0. The van der Waals surface area contributed by atoms with Crippen molar-refractivity contribution in [3.05, 3.63) is 0 Å². The summed E-state index contributed by atoms with van der Waals surface area (Å²) in [6.45, 7) is 1.37. The highest BCUT2D eigenvalue weighted by molar-refractivity contribution is 7.46. The fourth-order valence-corrected chi connectivity index (χ4v) is 1.68. The van der Waals surface area contributed by atoms with Gasteiger partial charge in [0.05, 0.1) is 6.10 Å². The van der Waals surface area contributed by atoms with Crippen LogP contribution in [0.15, 0.2) is 0 Å². The molecule has 90 valence electrons. The summed E-state index contributed by atoms with van der Waals surface area (Å²) in [6, 6.07) is 0. The lowest BCUT2D eigenvalue weighted by Gasteiger charge is -2.38. The van der Waals surface area contributed by atoms with Crippen LogP contribution >= 0.6 is 7.82 Å². The van der Waals surface area contributed by atoms with E-state index in [0.717, 1.165) is 0 Å². The second-order valence-corrected chi connectivity index (χ2v) is 4.47. The number of phosphoric acid groups is 1. The fourth-order valence-electron chi connectivity index (χ4n) is 1.24. The molecule has 0 amide bonds. The van der Waals surface area contributed by atoms with Crippen molar-refractivity contribution in [2.75, 3.05) is 0 Å². The summed E-state index contributed by atoms with van der Waals surface area (Å²) in [6.07, 6.45) is -7.20. The van der Waals surface area contributed by atoms with Gasteiger partial charge in [0.1, 0.15) is 18.3 Å². The summed E-state index contributed by atoms with van der Waals surface area (Å²) in [5.74, 6) is 0. The Hall–Kier alpha value is -0.0500. The van der Waals surface area contributed by atoms with Crippen LogP contribution in [0.3, 0.4) is 0 Å². The van der Waals surface area contributed by atoms with Crippen LogP contribution in [0.2, 0.25) is 0 Å². The van der Waals surface area contributed by atoms with E-state index >= 15 is 0 Å². The van der Waals surface area contributed by atoms with Crippen molar-refractivity contribution in [3.63, 3.8) is 0 Å². The van der Waals surface area contributed by atoms with E-state index < -0.39 is 38.5 Å². The van der Waals surface area contributed by atoms with Gasteiger partial charge >= 0.3 is 7.82 Å². The minimum atomic E-state index is -4.82. The Balaban J connectivity index is 2.71. The first-order valence-electron chi connectivity index (χ1n) is 4.16. The number of ether oxygens (including phenoxy) is 1. The van der Waals surface area contributed by atoms with Crippen molar-refractivity contribution in [1.82, 2.24) is 0 Å². The number of phosphoric ester groups is 1. The molecule has 0 bridgehead atoms. The number of rotatable bonds is 2. The molecule has 1 saturated heterocycles. The van der Waals surface area contributed by atoms with E-state index in [1.807, 2.05) is 0 Å². The van der Waals surface area contributed by atoms with Crippen LogP contribution in [0, 0.1) is 0 Å². The molecule has 1 unspecified atom stereocenters. The molecule has 0 radical (unpaired) electrons. The third-order valence-corrected chi connectivity index (χ3v) is 2.53. The smallest absolute Gasteiger partial charge is 0.388 e. The lowest BCUT2D eigenvalue weighted by molar-refractivity contribution is -0.271. The molecule has 0 spiro atoms. The van der Waals surface area contributed by atoms with Crippen LogP contribution in [0.1, 0.15) is 6.92 Å². The molecule has 0 saturated carbocycles. The van der Waals surface area contributed by atoms with Gasteiger partial charge in [0.2, 0.25) is 0 Å². The van der Waals surface area contributed by atoms with E-state index in [-0.39, 0.29) is 0 Å². The molecule has 8 nitrogen and oxygen atoms in total. The van der Waals surface area contributed by atoms with E-state index in [4.69, 9.17) is 14.5 Å². The molecule has 1 fully saturated rings. The predicted molar refractivity (Wildman–Crippen MR) is 45.5 cm³/mol. The third kappa shape index (κ3) is 3.20. The van der Waals surface area contributed by atoms with Gasteiger partial charge < -0.3 is 29.8 Å². The number of hydrogen-bond donors (Lipinski definition) is 5. The molecule has 1 aliphatic heterocycles. The van der Waals surface area contributed by atoms with Crippen LogP contribution in [0.25, 0.3) is 0 Å². The average Bonchev–Trinajstić information content (AvgIpc) is 2.08. The zero-order valence-electron chi connectivity index (χ0n) is 7.79. The van der Waals surface area contributed by atoms with E-state index in [9.17, 15) is 19.9 Å². The molecule has 5 atom stereocenters. The molecule has 0 aromatic heterocycles. The van der Waals surface area contributed by atoms with Crippen LogP contribution in [0.5, 0.6) is 0 Å². The normalized spacial score (nSPS) is 42.9. The number of aliphatic hydroxyl groups is 3. The Morgan fingerprint density at radius 3 is 2.13 bits per heavy atom. The zero-order valence-corrected chi connectivity index (χ0v) is 8.69. The van der Waals surface area contributed by atoms with Gasteiger partial charge in [0.15, 0.2) is 6.29 Å². The maximum atomic E-state index is 10.5. The Bertz CT molecular complexity index is 264. The van der Waals surface area contributed by atoms with Gasteiger partial charge in [-0.3, -0.25) is 4.52 Å². The van der Waals surface area contributed by atoms with Crippen LogP contribution < -0.4 is 0 Å². The maximum Gasteiger partial charge on any atom is 0.472 e. The Labute approximate surface area is 85.3 Å². The monoisotopic (exact) mass is 244 g/mol. The molecule has 9 heteroatoms. The topological polar surface area (TPSA) is 137 Å². The number of hydrogen-bond acceptors (Lipinski definition) is 6. The standard InChI is InChI=1S/C6H13O8P/c1-2-3(7)4(8)5(9)6(13-2)14-15(10,11)12/h2-9H,1H3,(H2,10,11,12)/t2-,3+,4+,5-,6?/m1/s1. The first-order valence-corrected chi connectivity index (χ1v) is 5.69. The quantitative estimate of drug-likeness (QED) is 0.349. The van der Waals surface area contributed by atoms with Gasteiger partial charge in [0.25, 0.3) is 0 Å². The highest BCUT2D eigenvalue weighted by Crippen LogP contribution is 2.40. The van der Waals surface area contributed by atoms with E-state index in [1.54, 1.807) is 0 Å². The van der Waals surface area contributed by atoms with Crippen molar-refractivity contribution in [3.8, 4) is 0 Å². The Morgan fingerprint density at radius 2 is 1.67 bits per heavy atom. The van der Waals surface area contributed by atoms with Gasteiger partial charge in [-0.2, -0.15) is 0 Å². The molecule has 1 heterocycles. The van der Waals surface area contributed by atoms with E-state index in [1.165, 1.54) is 6.92 Å². The maximum absolute atomic E-state index is 10.5. The SMILES string of the molecule is C[C@H]1OC(OP(=O)(O)O)[C@H](O)[C@@H](O)[C@H]1O. The Morgan fingerprint density at radius 1 is 1.13 bits per heavy atom. The molecule has 1 rings (SSSR count). The van der Waals surface area contributed by atoms with Crippen molar-refractivity contribution in [1.29, 1.82) is 0 Å². The summed E-state index contributed by atoms with van der Waals surface area (Å²) < 4.78 is 19.4. The summed E-state index contributed by atoms with van der Waals surface area (Å²) in [5.41, 5.74) is 0. The third-order valence-electron chi connectivity index (χ3n) is 2.05. The minimum absolute atomic E-state index is 0.903. The largest absolute Gasteiger partial charge is 0.472 e. The van der Waals surface area contributed by atoms with Crippen LogP contribution in [0.4, 0.5) is 0 Å². The average molecular weight is 244 g/mol.